The smallest absolute Gasteiger partial charge is 0.253 e. The summed E-state index contributed by atoms with van der Waals surface area (Å²) in [4.78, 5) is 14.1. The molecule has 1 atom stereocenters. The fraction of sp³-hybridized carbons (Fsp3) is 0.400. The lowest BCUT2D eigenvalue weighted by molar-refractivity contribution is 0.0788. The van der Waals surface area contributed by atoms with Gasteiger partial charge in [0, 0.05) is 24.2 Å². The van der Waals surface area contributed by atoms with Gasteiger partial charge in [-0.1, -0.05) is 34.7 Å². The molecule has 0 spiro atoms. The summed E-state index contributed by atoms with van der Waals surface area (Å²) in [5, 5.41) is 0.666. The lowest BCUT2D eigenvalue weighted by atomic mass is 10.1. The lowest BCUT2D eigenvalue weighted by Crippen LogP contribution is -2.28. The Morgan fingerprint density at radius 2 is 2.17 bits per heavy atom. The molecular weight excluding hydrogens is 290 g/mol. The summed E-state index contributed by atoms with van der Waals surface area (Å²) in [5.74, 6) is 6.72. The summed E-state index contributed by atoms with van der Waals surface area (Å²) < 4.78 is 0. The molecule has 2 rings (SSSR count). The molecule has 1 amide bonds. The van der Waals surface area contributed by atoms with Crippen LogP contribution in [0.15, 0.2) is 24.3 Å². The van der Waals surface area contributed by atoms with Crippen molar-refractivity contribution >= 4 is 21.8 Å². The molecule has 18 heavy (non-hydrogen) atoms. The van der Waals surface area contributed by atoms with Gasteiger partial charge in [-0.15, -0.1) is 0 Å². The Kier molecular flexibility index (Phi) is 4.43. The van der Waals surface area contributed by atoms with Crippen LogP contribution in [0.2, 0.25) is 0 Å². The van der Waals surface area contributed by atoms with E-state index in [-0.39, 0.29) is 5.91 Å². The van der Waals surface area contributed by atoms with E-state index in [2.05, 4.69) is 34.7 Å². The van der Waals surface area contributed by atoms with Crippen molar-refractivity contribution in [1.29, 1.82) is 0 Å². The lowest BCUT2D eigenvalue weighted by Gasteiger charge is -2.15. The maximum Gasteiger partial charge on any atom is 0.253 e. The molecule has 0 radical (unpaired) electrons. The van der Waals surface area contributed by atoms with Crippen molar-refractivity contribution in [1.82, 2.24) is 4.90 Å². The van der Waals surface area contributed by atoms with Crippen molar-refractivity contribution in [2.45, 2.75) is 13.3 Å². The molecule has 3 heteroatoms. The van der Waals surface area contributed by atoms with Crippen molar-refractivity contribution in [3.8, 4) is 11.8 Å². The Bertz CT molecular complexity index is 483. The first-order chi connectivity index (χ1) is 8.70. The fourth-order valence-electron chi connectivity index (χ4n) is 2.13. The van der Waals surface area contributed by atoms with Gasteiger partial charge in [0.25, 0.3) is 5.91 Å². The van der Waals surface area contributed by atoms with Crippen LogP contribution in [0.25, 0.3) is 0 Å². The predicted molar refractivity (Wildman–Crippen MR) is 76.8 cm³/mol. The Morgan fingerprint density at radius 3 is 2.72 bits per heavy atom. The molecule has 1 aliphatic heterocycles. The molecule has 2 nitrogen and oxygen atoms in total. The predicted octanol–water partition coefficient (Wildman–Crippen LogP) is 2.92. The molecule has 0 N–H and O–H groups in total. The highest BCUT2D eigenvalue weighted by Crippen LogP contribution is 2.18. The first-order valence-electron chi connectivity index (χ1n) is 6.15. The van der Waals surface area contributed by atoms with Crippen molar-refractivity contribution in [2.75, 3.05) is 18.4 Å². The van der Waals surface area contributed by atoms with Gasteiger partial charge in [-0.25, -0.2) is 0 Å². The van der Waals surface area contributed by atoms with Gasteiger partial charge in [-0.05, 0) is 36.6 Å². The normalized spacial score (nSPS) is 18.3. The van der Waals surface area contributed by atoms with Crippen LogP contribution in [0.3, 0.4) is 0 Å². The standard InChI is InChI=1S/C15H16BrNO/c1-12-8-10-17(11-12)15(18)14-6-4-13(5-7-14)3-2-9-16/h4-7,12H,8-11H2,1H3. The summed E-state index contributed by atoms with van der Waals surface area (Å²) in [6, 6.07) is 7.54. The topological polar surface area (TPSA) is 20.3 Å². The zero-order valence-corrected chi connectivity index (χ0v) is 12.0. The average molecular weight is 306 g/mol. The zero-order chi connectivity index (χ0) is 13.0. The van der Waals surface area contributed by atoms with E-state index in [1.54, 1.807) is 0 Å². The second-order valence-electron chi connectivity index (χ2n) is 4.66. The van der Waals surface area contributed by atoms with Crippen molar-refractivity contribution in [2.24, 2.45) is 5.92 Å². The molecule has 0 saturated carbocycles. The molecule has 1 fully saturated rings. The first-order valence-corrected chi connectivity index (χ1v) is 7.27. The van der Waals surface area contributed by atoms with Crippen molar-refractivity contribution in [3.63, 3.8) is 0 Å². The maximum atomic E-state index is 12.2. The summed E-state index contributed by atoms with van der Waals surface area (Å²) in [7, 11) is 0. The average Bonchev–Trinajstić information content (AvgIpc) is 2.83. The second-order valence-corrected chi connectivity index (χ2v) is 5.22. The van der Waals surface area contributed by atoms with Crippen LogP contribution in [0.1, 0.15) is 29.3 Å². The van der Waals surface area contributed by atoms with E-state index >= 15 is 0 Å². The maximum absolute atomic E-state index is 12.2. The third kappa shape index (κ3) is 3.14. The van der Waals surface area contributed by atoms with E-state index in [4.69, 9.17) is 0 Å². The summed E-state index contributed by atoms with van der Waals surface area (Å²) >= 11 is 3.26. The van der Waals surface area contributed by atoms with Gasteiger partial charge in [0.1, 0.15) is 0 Å². The van der Waals surface area contributed by atoms with Crippen LogP contribution < -0.4 is 0 Å². The van der Waals surface area contributed by atoms with Crippen LogP contribution in [-0.4, -0.2) is 29.2 Å². The number of rotatable bonds is 1. The molecule has 0 aromatic heterocycles. The Labute approximate surface area is 116 Å². The monoisotopic (exact) mass is 305 g/mol. The van der Waals surface area contributed by atoms with Gasteiger partial charge >= 0.3 is 0 Å². The van der Waals surface area contributed by atoms with Gasteiger partial charge in [0.2, 0.25) is 0 Å². The number of hydrogen-bond acceptors (Lipinski definition) is 1. The van der Waals surface area contributed by atoms with Crippen molar-refractivity contribution in [3.05, 3.63) is 35.4 Å². The largest absolute Gasteiger partial charge is 0.338 e. The molecule has 94 valence electrons. The number of hydrogen-bond donors (Lipinski definition) is 0. The first kappa shape index (κ1) is 13.2. The number of nitrogens with zero attached hydrogens (tertiary/aromatic N) is 1. The minimum Gasteiger partial charge on any atom is -0.338 e. The van der Waals surface area contributed by atoms with E-state index in [1.807, 2.05) is 29.2 Å². The molecule has 1 unspecified atom stereocenters. The Balaban J connectivity index is 2.07. The van der Waals surface area contributed by atoms with E-state index in [0.717, 1.165) is 30.6 Å². The van der Waals surface area contributed by atoms with Crippen LogP contribution >= 0.6 is 15.9 Å². The minimum absolute atomic E-state index is 0.138. The highest BCUT2D eigenvalue weighted by molar-refractivity contribution is 9.09. The van der Waals surface area contributed by atoms with Crippen LogP contribution in [0.5, 0.6) is 0 Å². The molecule has 0 aliphatic carbocycles. The number of carbonyl (C=O) groups excluding carboxylic acids is 1. The third-order valence-electron chi connectivity index (χ3n) is 3.14. The van der Waals surface area contributed by atoms with Gasteiger partial charge in [0.05, 0.1) is 5.33 Å². The number of alkyl halides is 1. The molecule has 1 heterocycles. The van der Waals surface area contributed by atoms with E-state index < -0.39 is 0 Å². The highest BCUT2D eigenvalue weighted by Gasteiger charge is 2.23. The molecule has 1 saturated heterocycles. The number of carbonyl (C=O) groups is 1. The molecule has 0 bridgehead atoms. The van der Waals surface area contributed by atoms with E-state index in [9.17, 15) is 4.79 Å². The molecule has 1 aliphatic rings. The van der Waals surface area contributed by atoms with E-state index in [0.29, 0.717) is 11.2 Å². The zero-order valence-electron chi connectivity index (χ0n) is 10.4. The van der Waals surface area contributed by atoms with Gasteiger partial charge in [-0.2, -0.15) is 0 Å². The number of benzene rings is 1. The highest BCUT2D eigenvalue weighted by atomic mass is 79.9. The summed E-state index contributed by atoms with van der Waals surface area (Å²) in [6.45, 7) is 3.95. The van der Waals surface area contributed by atoms with E-state index in [1.165, 1.54) is 0 Å². The SMILES string of the molecule is CC1CCN(C(=O)c2ccc(C#CCBr)cc2)C1. The van der Waals surface area contributed by atoms with Crippen molar-refractivity contribution < 1.29 is 4.79 Å². The van der Waals surface area contributed by atoms with Crippen LogP contribution in [-0.2, 0) is 0 Å². The summed E-state index contributed by atoms with van der Waals surface area (Å²) in [6.07, 6.45) is 1.11. The molecule has 1 aromatic carbocycles. The number of likely N-dealkylation sites (tertiary alicyclic amines) is 1. The minimum atomic E-state index is 0.138. The van der Waals surface area contributed by atoms with Gasteiger partial charge in [0.15, 0.2) is 0 Å². The Morgan fingerprint density at radius 1 is 1.44 bits per heavy atom. The quantitative estimate of drug-likeness (QED) is 0.577. The van der Waals surface area contributed by atoms with Gasteiger partial charge in [-0.3, -0.25) is 4.79 Å². The third-order valence-corrected chi connectivity index (χ3v) is 3.42. The summed E-state index contributed by atoms with van der Waals surface area (Å²) in [5.41, 5.74) is 1.70. The van der Waals surface area contributed by atoms with Crippen LogP contribution in [0.4, 0.5) is 0 Å². The van der Waals surface area contributed by atoms with Gasteiger partial charge < -0.3 is 4.90 Å². The molecular formula is C15H16BrNO. The Hall–Kier alpha value is -1.27. The second kappa shape index (κ2) is 6.06. The fourth-order valence-corrected chi connectivity index (χ4v) is 2.27. The van der Waals surface area contributed by atoms with Crippen LogP contribution in [0, 0.1) is 17.8 Å². The molecule has 1 aromatic rings. The number of halogens is 1. The number of amides is 1.